The van der Waals surface area contributed by atoms with Crippen LogP contribution in [0.15, 0.2) is 18.3 Å². The van der Waals surface area contributed by atoms with Gasteiger partial charge in [-0.2, -0.15) is 0 Å². The number of carbonyl (C=O) groups excluding carboxylic acids is 1. The highest BCUT2D eigenvalue weighted by molar-refractivity contribution is 5.94. The molecule has 5 heteroatoms. The topological polar surface area (TPSA) is 77.2 Å². The third-order valence-electron chi connectivity index (χ3n) is 3.31. The molecular weight excluding hydrogens is 218 g/mol. The average molecular weight is 235 g/mol. The number of hydrogen-bond donors (Lipinski definition) is 2. The first kappa shape index (κ1) is 11.9. The lowest BCUT2D eigenvalue weighted by Gasteiger charge is -2.40. The number of carbonyl (C=O) groups is 1. The summed E-state index contributed by atoms with van der Waals surface area (Å²) in [5, 5.41) is 2.87. The van der Waals surface area contributed by atoms with Gasteiger partial charge in [0.05, 0.1) is 5.60 Å². The van der Waals surface area contributed by atoms with Crippen LogP contribution in [-0.4, -0.2) is 30.1 Å². The Kier molecular flexibility index (Phi) is 3.28. The van der Waals surface area contributed by atoms with Gasteiger partial charge in [0.25, 0.3) is 5.91 Å². The number of anilines is 1. The van der Waals surface area contributed by atoms with Gasteiger partial charge in [0.1, 0.15) is 5.82 Å². The van der Waals surface area contributed by atoms with Crippen molar-refractivity contribution in [2.45, 2.75) is 24.9 Å². The fourth-order valence-electron chi connectivity index (χ4n) is 1.96. The molecule has 3 N–H and O–H groups in total. The zero-order valence-corrected chi connectivity index (χ0v) is 9.90. The molecule has 0 aliphatic heterocycles. The zero-order chi connectivity index (χ0) is 12.3. The summed E-state index contributed by atoms with van der Waals surface area (Å²) in [6.07, 6.45) is 4.69. The Bertz CT molecular complexity index is 410. The van der Waals surface area contributed by atoms with E-state index < -0.39 is 0 Å². The summed E-state index contributed by atoms with van der Waals surface area (Å²) in [6.45, 7) is 0.546. The SMILES string of the molecule is COC1(CNC(=O)c2ccnc(N)c2)CCC1. The van der Waals surface area contributed by atoms with Gasteiger partial charge < -0.3 is 15.8 Å². The molecule has 0 atom stereocenters. The minimum absolute atomic E-state index is 0.137. The quantitative estimate of drug-likeness (QED) is 0.815. The monoisotopic (exact) mass is 235 g/mol. The number of pyridine rings is 1. The smallest absolute Gasteiger partial charge is 0.251 e. The Morgan fingerprint density at radius 2 is 2.41 bits per heavy atom. The number of hydrogen-bond acceptors (Lipinski definition) is 4. The van der Waals surface area contributed by atoms with Crippen molar-refractivity contribution < 1.29 is 9.53 Å². The number of rotatable bonds is 4. The van der Waals surface area contributed by atoms with Crippen LogP contribution in [0.4, 0.5) is 5.82 Å². The lowest BCUT2D eigenvalue weighted by atomic mass is 9.80. The largest absolute Gasteiger partial charge is 0.384 e. The molecule has 1 aromatic rings. The van der Waals surface area contributed by atoms with E-state index in [1.54, 1.807) is 19.2 Å². The average Bonchev–Trinajstić information content (AvgIpc) is 2.28. The number of nitrogens with two attached hydrogens (primary N) is 1. The number of nitrogens with one attached hydrogen (secondary N) is 1. The molecule has 1 amide bonds. The van der Waals surface area contributed by atoms with Crippen LogP contribution >= 0.6 is 0 Å². The maximum Gasteiger partial charge on any atom is 0.251 e. The number of ether oxygens (including phenoxy) is 1. The summed E-state index contributed by atoms with van der Waals surface area (Å²) in [7, 11) is 1.69. The minimum Gasteiger partial charge on any atom is -0.384 e. The van der Waals surface area contributed by atoms with Crippen LogP contribution in [-0.2, 0) is 4.74 Å². The van der Waals surface area contributed by atoms with Gasteiger partial charge in [0.2, 0.25) is 0 Å². The van der Waals surface area contributed by atoms with E-state index in [0.29, 0.717) is 17.9 Å². The van der Waals surface area contributed by atoms with E-state index >= 15 is 0 Å². The number of aromatic nitrogens is 1. The second kappa shape index (κ2) is 4.71. The third kappa shape index (κ3) is 2.55. The van der Waals surface area contributed by atoms with Crippen molar-refractivity contribution in [3.8, 4) is 0 Å². The van der Waals surface area contributed by atoms with Gasteiger partial charge in [-0.1, -0.05) is 0 Å². The van der Waals surface area contributed by atoms with E-state index in [1.165, 1.54) is 6.20 Å². The first-order valence-electron chi connectivity index (χ1n) is 5.70. The summed E-state index contributed by atoms with van der Waals surface area (Å²) in [4.78, 5) is 15.7. The molecule has 0 radical (unpaired) electrons. The van der Waals surface area contributed by atoms with Crippen molar-refractivity contribution in [3.05, 3.63) is 23.9 Å². The Morgan fingerprint density at radius 3 is 2.94 bits per heavy atom. The van der Waals surface area contributed by atoms with Crippen LogP contribution in [0.1, 0.15) is 29.6 Å². The molecule has 0 saturated heterocycles. The molecule has 92 valence electrons. The minimum atomic E-state index is -0.158. The van der Waals surface area contributed by atoms with Crippen molar-refractivity contribution in [3.63, 3.8) is 0 Å². The normalized spacial score (nSPS) is 17.2. The molecule has 1 saturated carbocycles. The predicted octanol–water partition coefficient (Wildman–Crippen LogP) is 0.963. The molecule has 5 nitrogen and oxygen atoms in total. The first-order chi connectivity index (χ1) is 8.15. The highest BCUT2D eigenvalue weighted by Gasteiger charge is 2.37. The predicted molar refractivity (Wildman–Crippen MR) is 64.6 cm³/mol. The van der Waals surface area contributed by atoms with Gasteiger partial charge in [-0.05, 0) is 31.4 Å². The number of nitrogens with zero attached hydrogens (tertiary/aromatic N) is 1. The highest BCUT2D eigenvalue weighted by atomic mass is 16.5. The van der Waals surface area contributed by atoms with E-state index in [0.717, 1.165) is 19.3 Å². The summed E-state index contributed by atoms with van der Waals surface area (Å²) < 4.78 is 5.43. The molecule has 0 bridgehead atoms. The molecule has 1 aliphatic rings. The summed E-state index contributed by atoms with van der Waals surface area (Å²) in [5.74, 6) is 0.213. The number of methoxy groups -OCH3 is 1. The Labute approximate surface area is 100 Å². The second-order valence-corrected chi connectivity index (χ2v) is 4.39. The third-order valence-corrected chi connectivity index (χ3v) is 3.31. The van der Waals surface area contributed by atoms with Crippen LogP contribution in [0.5, 0.6) is 0 Å². The zero-order valence-electron chi connectivity index (χ0n) is 9.90. The van der Waals surface area contributed by atoms with Gasteiger partial charge in [-0.3, -0.25) is 4.79 Å². The number of amides is 1. The van der Waals surface area contributed by atoms with E-state index in [1.807, 2.05) is 0 Å². The van der Waals surface area contributed by atoms with Gasteiger partial charge in [-0.15, -0.1) is 0 Å². The molecule has 1 aromatic heterocycles. The van der Waals surface area contributed by atoms with E-state index in [9.17, 15) is 4.79 Å². The van der Waals surface area contributed by atoms with Crippen LogP contribution in [0.2, 0.25) is 0 Å². The molecule has 1 fully saturated rings. The van der Waals surface area contributed by atoms with E-state index in [-0.39, 0.29) is 11.5 Å². The maximum atomic E-state index is 11.8. The van der Waals surface area contributed by atoms with Gasteiger partial charge in [0, 0.05) is 25.4 Å². The summed E-state index contributed by atoms with van der Waals surface area (Å²) in [6, 6.07) is 3.21. The fraction of sp³-hybridized carbons (Fsp3) is 0.500. The molecular formula is C12H17N3O2. The molecule has 2 rings (SSSR count). The lowest BCUT2D eigenvalue weighted by molar-refractivity contribution is -0.0679. The fourth-order valence-corrected chi connectivity index (χ4v) is 1.96. The van der Waals surface area contributed by atoms with Crippen LogP contribution < -0.4 is 11.1 Å². The van der Waals surface area contributed by atoms with E-state index in [2.05, 4.69) is 10.3 Å². The van der Waals surface area contributed by atoms with Crippen molar-refractivity contribution in [2.24, 2.45) is 0 Å². The Balaban J connectivity index is 1.93. The van der Waals surface area contributed by atoms with Crippen molar-refractivity contribution in [1.82, 2.24) is 10.3 Å². The lowest BCUT2D eigenvalue weighted by Crippen LogP contribution is -2.49. The van der Waals surface area contributed by atoms with Crippen LogP contribution in [0, 0.1) is 0 Å². The molecule has 1 aliphatic carbocycles. The standard InChI is InChI=1S/C12H17N3O2/c1-17-12(4-2-5-12)8-15-11(16)9-3-6-14-10(13)7-9/h3,6-7H,2,4-5,8H2,1H3,(H2,13,14)(H,15,16). The van der Waals surface area contributed by atoms with Crippen LogP contribution in [0.25, 0.3) is 0 Å². The van der Waals surface area contributed by atoms with Crippen LogP contribution in [0.3, 0.4) is 0 Å². The molecule has 0 unspecified atom stereocenters. The number of nitrogen functional groups attached to an aromatic ring is 1. The first-order valence-corrected chi connectivity index (χ1v) is 5.70. The molecule has 17 heavy (non-hydrogen) atoms. The van der Waals surface area contributed by atoms with Gasteiger partial charge >= 0.3 is 0 Å². The van der Waals surface area contributed by atoms with Crippen molar-refractivity contribution in [1.29, 1.82) is 0 Å². The Morgan fingerprint density at radius 1 is 1.65 bits per heavy atom. The maximum absolute atomic E-state index is 11.8. The van der Waals surface area contributed by atoms with Gasteiger partial charge in [0.15, 0.2) is 0 Å². The van der Waals surface area contributed by atoms with Gasteiger partial charge in [-0.25, -0.2) is 4.98 Å². The molecule has 1 heterocycles. The van der Waals surface area contributed by atoms with Crippen molar-refractivity contribution >= 4 is 11.7 Å². The molecule has 0 aromatic carbocycles. The Hall–Kier alpha value is -1.62. The summed E-state index contributed by atoms with van der Waals surface area (Å²) >= 11 is 0. The van der Waals surface area contributed by atoms with Crippen molar-refractivity contribution in [2.75, 3.05) is 19.4 Å². The second-order valence-electron chi connectivity index (χ2n) is 4.39. The highest BCUT2D eigenvalue weighted by Crippen LogP contribution is 2.34. The van der Waals surface area contributed by atoms with E-state index in [4.69, 9.17) is 10.5 Å². The summed E-state index contributed by atoms with van der Waals surface area (Å²) in [5.41, 5.74) is 5.90. The molecule has 0 spiro atoms.